The van der Waals surface area contributed by atoms with Crippen LogP contribution in [0.25, 0.3) is 10.9 Å². The molecule has 0 fully saturated rings. The van der Waals surface area contributed by atoms with Gasteiger partial charge in [-0.15, -0.1) is 11.8 Å². The third kappa shape index (κ3) is 2.78. The fourth-order valence-electron chi connectivity index (χ4n) is 2.63. The third-order valence-electron chi connectivity index (χ3n) is 3.69. The highest BCUT2D eigenvalue weighted by atomic mass is 32.2. The lowest BCUT2D eigenvalue weighted by atomic mass is 10.2. The van der Waals surface area contributed by atoms with E-state index in [0.29, 0.717) is 22.1 Å². The highest BCUT2D eigenvalue weighted by Gasteiger charge is 2.27. The van der Waals surface area contributed by atoms with E-state index in [1.54, 1.807) is 24.3 Å². The zero-order valence-electron chi connectivity index (χ0n) is 12.8. The highest BCUT2D eigenvalue weighted by molar-refractivity contribution is 8.00. The minimum absolute atomic E-state index is 0.311. The molecule has 23 heavy (non-hydrogen) atoms. The molecule has 0 unspecified atom stereocenters. The van der Waals surface area contributed by atoms with Gasteiger partial charge in [0.1, 0.15) is 4.90 Å². The summed E-state index contributed by atoms with van der Waals surface area (Å²) in [6.07, 6.45) is 0. The lowest BCUT2D eigenvalue weighted by molar-refractivity contribution is 0.593. The van der Waals surface area contributed by atoms with E-state index in [1.807, 2.05) is 41.9 Å². The van der Waals surface area contributed by atoms with Crippen LogP contribution >= 0.6 is 11.8 Å². The van der Waals surface area contributed by atoms with Crippen LogP contribution in [-0.4, -0.2) is 25.3 Å². The van der Waals surface area contributed by atoms with E-state index in [4.69, 9.17) is 5.73 Å². The Kier molecular flexibility index (Phi) is 4.48. The topological polar surface area (TPSA) is 65.1 Å². The van der Waals surface area contributed by atoms with E-state index in [2.05, 4.69) is 0 Å². The number of thioether (sulfide) groups is 1. The molecule has 2 aromatic carbocycles. The van der Waals surface area contributed by atoms with Gasteiger partial charge in [-0.25, -0.2) is 8.42 Å². The first kappa shape index (κ1) is 16.1. The Bertz CT molecular complexity index is 932. The zero-order chi connectivity index (χ0) is 16.4. The Hall–Kier alpha value is -1.76. The Labute approximate surface area is 140 Å². The number of sulfone groups is 1. The van der Waals surface area contributed by atoms with Gasteiger partial charge in [0.25, 0.3) is 0 Å². The molecule has 0 spiro atoms. The van der Waals surface area contributed by atoms with Crippen LogP contribution in [0.1, 0.15) is 0 Å². The van der Waals surface area contributed by atoms with Crippen LogP contribution in [0.15, 0.2) is 69.4 Å². The SMILES string of the molecule is Cn1c(SCCN)c(S(=O)(=O)c2ccccc2)c2ccccc21. The molecule has 0 atom stereocenters. The molecule has 120 valence electrons. The number of aryl methyl sites for hydroxylation is 1. The number of nitrogens with two attached hydrogens (primary N) is 1. The minimum atomic E-state index is -3.59. The molecule has 0 bridgehead atoms. The first-order valence-electron chi connectivity index (χ1n) is 7.28. The van der Waals surface area contributed by atoms with Crippen LogP contribution in [0.3, 0.4) is 0 Å². The number of fused-ring (bicyclic) bond motifs is 1. The van der Waals surface area contributed by atoms with E-state index < -0.39 is 9.84 Å². The maximum Gasteiger partial charge on any atom is 0.209 e. The van der Waals surface area contributed by atoms with Crippen LogP contribution in [0.2, 0.25) is 0 Å². The maximum absolute atomic E-state index is 13.2. The van der Waals surface area contributed by atoms with Crippen LogP contribution < -0.4 is 5.73 Å². The lowest BCUT2D eigenvalue weighted by Gasteiger charge is -2.08. The van der Waals surface area contributed by atoms with Crippen LogP contribution in [0, 0.1) is 0 Å². The molecule has 6 heteroatoms. The van der Waals surface area contributed by atoms with Crippen LogP contribution in [0.4, 0.5) is 0 Å². The van der Waals surface area contributed by atoms with Gasteiger partial charge in [-0.1, -0.05) is 36.4 Å². The first-order valence-corrected chi connectivity index (χ1v) is 9.74. The van der Waals surface area contributed by atoms with Gasteiger partial charge in [-0.3, -0.25) is 0 Å². The van der Waals surface area contributed by atoms with Crippen LogP contribution in [-0.2, 0) is 16.9 Å². The quantitative estimate of drug-likeness (QED) is 0.721. The van der Waals surface area contributed by atoms with Crippen molar-refractivity contribution in [3.8, 4) is 0 Å². The number of para-hydroxylation sites is 1. The minimum Gasteiger partial charge on any atom is -0.338 e. The first-order chi connectivity index (χ1) is 11.1. The standard InChI is InChI=1S/C17H18N2O2S2/c1-19-15-10-6-5-9-14(15)16(17(19)22-12-11-18)23(20,21)13-7-3-2-4-8-13/h2-10H,11-12,18H2,1H3. The molecule has 1 aromatic heterocycles. The number of hydrogen-bond acceptors (Lipinski definition) is 4. The summed E-state index contributed by atoms with van der Waals surface area (Å²) < 4.78 is 28.3. The van der Waals surface area contributed by atoms with E-state index in [0.717, 1.165) is 15.9 Å². The van der Waals surface area contributed by atoms with E-state index in [-0.39, 0.29) is 0 Å². The summed E-state index contributed by atoms with van der Waals surface area (Å²) in [7, 11) is -1.69. The van der Waals surface area contributed by atoms with E-state index in [1.165, 1.54) is 11.8 Å². The van der Waals surface area contributed by atoms with Gasteiger partial charge < -0.3 is 10.3 Å². The molecular formula is C17H18N2O2S2. The van der Waals surface area contributed by atoms with Gasteiger partial charge in [-0.2, -0.15) is 0 Å². The van der Waals surface area contributed by atoms with E-state index in [9.17, 15) is 8.42 Å². The molecule has 4 nitrogen and oxygen atoms in total. The molecule has 0 aliphatic carbocycles. The van der Waals surface area contributed by atoms with Crippen molar-refractivity contribution in [3.05, 3.63) is 54.6 Å². The lowest BCUT2D eigenvalue weighted by Crippen LogP contribution is -2.06. The molecule has 0 radical (unpaired) electrons. The number of aromatic nitrogens is 1. The maximum atomic E-state index is 13.2. The normalized spacial score (nSPS) is 11.9. The second kappa shape index (κ2) is 6.39. The summed E-state index contributed by atoms with van der Waals surface area (Å²) in [5.74, 6) is 0.668. The number of benzene rings is 2. The van der Waals surface area contributed by atoms with Crippen molar-refractivity contribution in [2.45, 2.75) is 14.8 Å². The fourth-order valence-corrected chi connectivity index (χ4v) is 5.56. The largest absolute Gasteiger partial charge is 0.338 e. The predicted octanol–water partition coefficient (Wildman–Crippen LogP) is 3.06. The van der Waals surface area contributed by atoms with Crippen LogP contribution in [0.5, 0.6) is 0 Å². The average molecular weight is 346 g/mol. The molecule has 2 N–H and O–H groups in total. The molecule has 0 aliphatic rings. The van der Waals surface area contributed by atoms with Gasteiger partial charge in [0.15, 0.2) is 0 Å². The summed E-state index contributed by atoms with van der Waals surface area (Å²) in [4.78, 5) is 0.686. The summed E-state index contributed by atoms with van der Waals surface area (Å²) in [6.45, 7) is 0.497. The highest BCUT2D eigenvalue weighted by Crippen LogP contribution is 2.38. The summed E-state index contributed by atoms with van der Waals surface area (Å²) in [6, 6.07) is 16.1. The molecule has 3 aromatic rings. The van der Waals surface area contributed by atoms with Gasteiger partial charge >= 0.3 is 0 Å². The van der Waals surface area contributed by atoms with Gasteiger partial charge in [0, 0.05) is 30.2 Å². The van der Waals surface area contributed by atoms with Crippen molar-refractivity contribution < 1.29 is 8.42 Å². The molecule has 0 saturated heterocycles. The smallest absolute Gasteiger partial charge is 0.209 e. The third-order valence-corrected chi connectivity index (χ3v) is 6.85. The summed E-state index contributed by atoms with van der Waals surface area (Å²) >= 11 is 1.48. The molecule has 0 saturated carbocycles. The summed E-state index contributed by atoms with van der Waals surface area (Å²) in [5.41, 5.74) is 6.52. The molecular weight excluding hydrogens is 328 g/mol. The monoisotopic (exact) mass is 346 g/mol. The molecule has 0 amide bonds. The Balaban J connectivity index is 2.31. The van der Waals surface area contributed by atoms with Gasteiger partial charge in [0.2, 0.25) is 9.84 Å². The second-order valence-corrected chi connectivity index (χ2v) is 8.13. The van der Waals surface area contributed by atoms with Crippen molar-refractivity contribution in [1.82, 2.24) is 4.57 Å². The Morgan fingerprint density at radius 2 is 1.70 bits per heavy atom. The van der Waals surface area contributed by atoms with Gasteiger partial charge in [0.05, 0.1) is 9.92 Å². The molecule has 3 rings (SSSR count). The van der Waals surface area contributed by atoms with E-state index >= 15 is 0 Å². The van der Waals surface area contributed by atoms with Crippen molar-refractivity contribution in [2.75, 3.05) is 12.3 Å². The number of nitrogens with zero attached hydrogens (tertiary/aromatic N) is 1. The van der Waals surface area contributed by atoms with Crippen molar-refractivity contribution in [2.24, 2.45) is 12.8 Å². The number of hydrogen-bond donors (Lipinski definition) is 1. The van der Waals surface area contributed by atoms with Crippen molar-refractivity contribution in [1.29, 1.82) is 0 Å². The fraction of sp³-hybridized carbons (Fsp3) is 0.176. The Morgan fingerprint density at radius 1 is 1.04 bits per heavy atom. The molecule has 1 heterocycles. The van der Waals surface area contributed by atoms with Crippen molar-refractivity contribution >= 4 is 32.5 Å². The predicted molar refractivity (Wildman–Crippen MR) is 94.6 cm³/mol. The zero-order valence-corrected chi connectivity index (χ0v) is 14.4. The van der Waals surface area contributed by atoms with Gasteiger partial charge in [-0.05, 0) is 18.2 Å². The second-order valence-electron chi connectivity index (χ2n) is 5.16. The Morgan fingerprint density at radius 3 is 2.39 bits per heavy atom. The molecule has 0 aliphatic heterocycles. The number of rotatable bonds is 5. The average Bonchev–Trinajstić information content (AvgIpc) is 2.87. The summed E-state index contributed by atoms with van der Waals surface area (Å²) in [5, 5.41) is 1.49. The van der Waals surface area contributed by atoms with Crippen molar-refractivity contribution in [3.63, 3.8) is 0 Å².